The molecule has 7 heteroatoms. The van der Waals surface area contributed by atoms with Crippen LogP contribution >= 0.6 is 0 Å². The average Bonchev–Trinajstić information content (AvgIpc) is 2.86. The molecule has 0 spiro atoms. The van der Waals surface area contributed by atoms with Crippen LogP contribution in [0.2, 0.25) is 0 Å². The van der Waals surface area contributed by atoms with Gasteiger partial charge in [-0.25, -0.2) is 0 Å². The van der Waals surface area contributed by atoms with Crippen LogP contribution in [-0.2, 0) is 0 Å². The van der Waals surface area contributed by atoms with Gasteiger partial charge in [0.15, 0.2) is 0 Å². The Labute approximate surface area is 102 Å². The fraction of sp³-hybridized carbons (Fsp3) is 0.0909. The van der Waals surface area contributed by atoms with E-state index in [0.29, 0.717) is 17.3 Å². The van der Waals surface area contributed by atoms with Gasteiger partial charge in [-0.2, -0.15) is 0 Å². The third-order valence-corrected chi connectivity index (χ3v) is 2.08. The fourth-order valence-electron chi connectivity index (χ4n) is 1.23. The first kappa shape index (κ1) is 11.8. The van der Waals surface area contributed by atoms with E-state index in [1.807, 2.05) is 0 Å². The minimum Gasteiger partial charge on any atom is -0.480 e. The molecule has 0 amide bonds. The quantitative estimate of drug-likeness (QED) is 0.607. The van der Waals surface area contributed by atoms with Crippen molar-refractivity contribution in [3.63, 3.8) is 0 Å². The van der Waals surface area contributed by atoms with Gasteiger partial charge in [-0.15, -0.1) is 10.2 Å². The number of hydrogen-bond acceptors (Lipinski definition) is 6. The zero-order valence-corrected chi connectivity index (χ0v) is 9.44. The van der Waals surface area contributed by atoms with Crippen LogP contribution in [0.25, 0.3) is 12.2 Å². The van der Waals surface area contributed by atoms with Gasteiger partial charge in [0.25, 0.3) is 0 Å². The van der Waals surface area contributed by atoms with E-state index in [9.17, 15) is 10.1 Å². The van der Waals surface area contributed by atoms with E-state index < -0.39 is 4.92 Å². The summed E-state index contributed by atoms with van der Waals surface area (Å²) in [4.78, 5) is 9.82. The Hall–Kier alpha value is -2.70. The van der Waals surface area contributed by atoms with E-state index in [1.165, 1.54) is 19.2 Å². The topological polar surface area (TPSA) is 91.3 Å². The Morgan fingerprint density at radius 3 is 2.67 bits per heavy atom. The Morgan fingerprint density at radius 1 is 1.28 bits per heavy atom. The largest absolute Gasteiger partial charge is 0.480 e. The van der Waals surface area contributed by atoms with Crippen LogP contribution in [-0.4, -0.2) is 22.2 Å². The lowest BCUT2D eigenvalue weighted by Gasteiger charge is -1.95. The maximum Gasteiger partial charge on any atom is 0.433 e. The van der Waals surface area contributed by atoms with Gasteiger partial charge in [0.2, 0.25) is 5.88 Å². The summed E-state index contributed by atoms with van der Waals surface area (Å²) < 4.78 is 9.82. The Morgan fingerprint density at radius 2 is 2.11 bits per heavy atom. The first-order valence-electron chi connectivity index (χ1n) is 4.99. The maximum absolute atomic E-state index is 10.4. The molecule has 0 aliphatic carbocycles. The molecule has 0 aromatic carbocycles. The van der Waals surface area contributed by atoms with Gasteiger partial charge < -0.3 is 9.15 Å². The second kappa shape index (κ2) is 5.09. The minimum absolute atomic E-state index is 0.296. The van der Waals surface area contributed by atoms with Gasteiger partial charge >= 0.3 is 5.88 Å². The highest BCUT2D eigenvalue weighted by atomic mass is 16.6. The molecule has 0 bridgehead atoms. The normalized spacial score (nSPS) is 10.7. The molecule has 0 atom stereocenters. The van der Waals surface area contributed by atoms with Crippen molar-refractivity contribution in [3.8, 4) is 5.88 Å². The van der Waals surface area contributed by atoms with Gasteiger partial charge in [-0.3, -0.25) is 10.1 Å². The van der Waals surface area contributed by atoms with Gasteiger partial charge in [-0.05, 0) is 24.3 Å². The molecule has 2 heterocycles. The number of nitro groups is 1. The van der Waals surface area contributed by atoms with Crippen molar-refractivity contribution in [1.82, 2.24) is 10.2 Å². The van der Waals surface area contributed by atoms with E-state index in [-0.39, 0.29) is 5.88 Å². The molecule has 2 rings (SSSR count). The smallest absolute Gasteiger partial charge is 0.433 e. The number of nitrogens with zero attached hydrogens (tertiary/aromatic N) is 3. The molecule has 2 aromatic rings. The molecule has 0 saturated carbocycles. The summed E-state index contributed by atoms with van der Waals surface area (Å²) in [5.74, 6) is 0.496. The molecule has 92 valence electrons. The number of aromatic nitrogens is 2. The highest BCUT2D eigenvalue weighted by Crippen LogP contribution is 2.17. The van der Waals surface area contributed by atoms with Gasteiger partial charge in [0.1, 0.15) is 10.7 Å². The maximum atomic E-state index is 10.4. The number of rotatable bonds is 4. The van der Waals surface area contributed by atoms with Crippen LogP contribution in [0.1, 0.15) is 11.5 Å². The summed E-state index contributed by atoms with van der Waals surface area (Å²) in [7, 11) is 1.50. The molecule has 2 aromatic heterocycles. The molecule has 0 radical (unpaired) electrons. The molecular formula is C11H9N3O4. The monoisotopic (exact) mass is 247 g/mol. The molecular weight excluding hydrogens is 238 g/mol. The van der Waals surface area contributed by atoms with E-state index in [2.05, 4.69) is 10.2 Å². The molecule has 7 nitrogen and oxygen atoms in total. The standard InChI is InChI=1S/C11H9N3O4/c1-17-10-6-3-8(12-13-10)2-4-9-5-7-11(18-9)14(15)16/h2-7H,1H3. The van der Waals surface area contributed by atoms with Crippen LogP contribution in [0.15, 0.2) is 28.7 Å². The third kappa shape index (κ3) is 2.70. The highest BCUT2D eigenvalue weighted by Gasteiger charge is 2.09. The summed E-state index contributed by atoms with van der Waals surface area (Å²) >= 11 is 0. The second-order valence-electron chi connectivity index (χ2n) is 3.27. The first-order valence-corrected chi connectivity index (χ1v) is 4.99. The summed E-state index contributed by atoms with van der Waals surface area (Å²) in [6.07, 6.45) is 3.21. The number of methoxy groups -OCH3 is 1. The lowest BCUT2D eigenvalue weighted by molar-refractivity contribution is -0.402. The molecule has 18 heavy (non-hydrogen) atoms. The van der Waals surface area contributed by atoms with Crippen molar-refractivity contribution in [3.05, 3.63) is 45.8 Å². The first-order chi connectivity index (χ1) is 8.69. The Kier molecular flexibility index (Phi) is 3.33. The van der Waals surface area contributed by atoms with E-state index in [1.54, 1.807) is 24.3 Å². The van der Waals surface area contributed by atoms with Crippen molar-refractivity contribution in [2.24, 2.45) is 0 Å². The van der Waals surface area contributed by atoms with Crippen molar-refractivity contribution in [1.29, 1.82) is 0 Å². The summed E-state index contributed by atoms with van der Waals surface area (Å²) in [5, 5.41) is 18.1. The molecule has 0 N–H and O–H groups in total. The predicted molar refractivity (Wildman–Crippen MR) is 62.9 cm³/mol. The van der Waals surface area contributed by atoms with Crippen molar-refractivity contribution >= 4 is 18.0 Å². The zero-order valence-electron chi connectivity index (χ0n) is 9.44. The number of ether oxygens (including phenoxy) is 1. The number of hydrogen-bond donors (Lipinski definition) is 0. The SMILES string of the molecule is COc1ccc(C=Cc2ccc([N+](=O)[O-])o2)nn1. The average molecular weight is 247 g/mol. The lowest BCUT2D eigenvalue weighted by atomic mass is 10.3. The van der Waals surface area contributed by atoms with Gasteiger partial charge in [-0.1, -0.05) is 0 Å². The van der Waals surface area contributed by atoms with E-state index in [4.69, 9.17) is 9.15 Å². The van der Waals surface area contributed by atoms with Crippen LogP contribution in [0.3, 0.4) is 0 Å². The highest BCUT2D eigenvalue weighted by molar-refractivity contribution is 5.65. The fourth-order valence-corrected chi connectivity index (χ4v) is 1.23. The molecule has 0 unspecified atom stereocenters. The Bertz CT molecular complexity index is 574. The Balaban J connectivity index is 2.11. The lowest BCUT2D eigenvalue weighted by Crippen LogP contribution is -1.90. The van der Waals surface area contributed by atoms with Gasteiger partial charge in [0, 0.05) is 6.07 Å². The van der Waals surface area contributed by atoms with Crippen molar-refractivity contribution in [2.75, 3.05) is 7.11 Å². The van der Waals surface area contributed by atoms with Crippen LogP contribution in [0, 0.1) is 10.1 Å². The molecule has 0 aliphatic heterocycles. The van der Waals surface area contributed by atoms with E-state index in [0.717, 1.165) is 0 Å². The third-order valence-electron chi connectivity index (χ3n) is 2.08. The van der Waals surface area contributed by atoms with Crippen molar-refractivity contribution in [2.45, 2.75) is 0 Å². The predicted octanol–water partition coefficient (Wildman–Crippen LogP) is 2.16. The van der Waals surface area contributed by atoms with Crippen LogP contribution in [0.4, 0.5) is 5.88 Å². The summed E-state index contributed by atoms with van der Waals surface area (Å²) in [5.41, 5.74) is 0.592. The van der Waals surface area contributed by atoms with Crippen LogP contribution < -0.4 is 4.74 Å². The van der Waals surface area contributed by atoms with Crippen molar-refractivity contribution < 1.29 is 14.1 Å². The zero-order chi connectivity index (χ0) is 13.0. The van der Waals surface area contributed by atoms with Gasteiger partial charge in [0.05, 0.1) is 18.9 Å². The molecule has 0 saturated heterocycles. The summed E-state index contributed by atoms with van der Waals surface area (Å²) in [6, 6.07) is 6.17. The van der Waals surface area contributed by atoms with Crippen LogP contribution in [0.5, 0.6) is 5.88 Å². The summed E-state index contributed by atoms with van der Waals surface area (Å²) in [6.45, 7) is 0. The number of furan rings is 1. The van der Waals surface area contributed by atoms with E-state index >= 15 is 0 Å². The second-order valence-corrected chi connectivity index (χ2v) is 3.27. The molecule has 0 fully saturated rings. The molecule has 0 aliphatic rings. The minimum atomic E-state index is -0.593.